The van der Waals surface area contributed by atoms with Crippen molar-refractivity contribution >= 4 is 34.4 Å². The molecular formula is C20H26ClN7. The molecule has 1 N–H and O–H groups in total. The number of nitrogens with zero attached hydrogens (tertiary/aromatic N) is 6. The van der Waals surface area contributed by atoms with Gasteiger partial charge in [0.05, 0.1) is 11.6 Å². The minimum Gasteiger partial charge on any atom is -0.365 e. The lowest BCUT2D eigenvalue weighted by atomic mass is 10.2. The van der Waals surface area contributed by atoms with Crippen LogP contribution in [0, 0.1) is 0 Å². The number of hydrogen-bond acceptors (Lipinski definition) is 6. The van der Waals surface area contributed by atoms with E-state index in [0.717, 1.165) is 66.1 Å². The fourth-order valence-electron chi connectivity index (χ4n) is 3.60. The van der Waals surface area contributed by atoms with Gasteiger partial charge in [0.2, 0.25) is 5.95 Å². The van der Waals surface area contributed by atoms with Gasteiger partial charge in [-0.15, -0.1) is 0 Å². The lowest BCUT2D eigenvalue weighted by molar-refractivity contribution is 0.257. The molecule has 1 saturated heterocycles. The molecule has 0 atom stereocenters. The largest absolute Gasteiger partial charge is 0.365 e. The first-order valence-electron chi connectivity index (χ1n) is 9.80. The number of hydrogen-bond donors (Lipinski definition) is 1. The molecule has 3 aromatic rings. The van der Waals surface area contributed by atoms with Gasteiger partial charge in [-0.05, 0) is 24.6 Å². The predicted octanol–water partition coefficient (Wildman–Crippen LogP) is 3.16. The standard InChI is InChI=1S/C20H26ClN7/c1-3-8-27-9-11-28(12-10-27)20-24-18(16-14-23-26(2)19(16)25-20)22-13-15-6-4-5-7-17(15)21/h4-7,14H,3,8-13H2,1-2H3,(H,22,24,25). The van der Waals surface area contributed by atoms with Gasteiger partial charge in [0.1, 0.15) is 5.82 Å². The van der Waals surface area contributed by atoms with Gasteiger partial charge in [0.15, 0.2) is 5.65 Å². The molecule has 1 fully saturated rings. The molecule has 1 aliphatic heterocycles. The van der Waals surface area contributed by atoms with Crippen LogP contribution in [0.3, 0.4) is 0 Å². The van der Waals surface area contributed by atoms with E-state index in [-0.39, 0.29) is 0 Å². The SMILES string of the molecule is CCCN1CCN(c2nc(NCc3ccccc3Cl)c3cnn(C)c3n2)CC1. The van der Waals surface area contributed by atoms with Crippen LogP contribution in [0.2, 0.25) is 5.02 Å². The van der Waals surface area contributed by atoms with E-state index in [4.69, 9.17) is 21.6 Å². The lowest BCUT2D eigenvalue weighted by Gasteiger charge is -2.34. The topological polar surface area (TPSA) is 62.1 Å². The van der Waals surface area contributed by atoms with Crippen LogP contribution >= 0.6 is 11.6 Å². The molecule has 4 rings (SSSR count). The number of benzene rings is 1. The third-order valence-electron chi connectivity index (χ3n) is 5.18. The Hall–Kier alpha value is -2.38. The summed E-state index contributed by atoms with van der Waals surface area (Å²) in [5.74, 6) is 1.55. The summed E-state index contributed by atoms with van der Waals surface area (Å²) >= 11 is 6.30. The Bertz CT molecular complexity index is 947. The molecular weight excluding hydrogens is 374 g/mol. The van der Waals surface area contributed by atoms with Crippen LogP contribution in [0.15, 0.2) is 30.5 Å². The van der Waals surface area contributed by atoms with Crippen molar-refractivity contribution in [3.05, 3.63) is 41.0 Å². The first-order chi connectivity index (χ1) is 13.7. The highest BCUT2D eigenvalue weighted by molar-refractivity contribution is 6.31. The van der Waals surface area contributed by atoms with E-state index >= 15 is 0 Å². The Kier molecular flexibility index (Phi) is 5.64. The average molecular weight is 400 g/mol. The van der Waals surface area contributed by atoms with E-state index in [1.807, 2.05) is 37.5 Å². The fraction of sp³-hybridized carbons (Fsp3) is 0.450. The summed E-state index contributed by atoms with van der Waals surface area (Å²) in [5, 5.41) is 9.48. The molecule has 1 aromatic carbocycles. The van der Waals surface area contributed by atoms with Gasteiger partial charge in [0.25, 0.3) is 0 Å². The molecule has 3 heterocycles. The first kappa shape index (κ1) is 19.0. The van der Waals surface area contributed by atoms with Crippen molar-refractivity contribution in [3.63, 3.8) is 0 Å². The van der Waals surface area contributed by atoms with Gasteiger partial charge >= 0.3 is 0 Å². The Morgan fingerprint density at radius 2 is 1.89 bits per heavy atom. The lowest BCUT2D eigenvalue weighted by Crippen LogP contribution is -2.47. The van der Waals surface area contributed by atoms with Crippen molar-refractivity contribution in [1.82, 2.24) is 24.6 Å². The van der Waals surface area contributed by atoms with Crippen LogP contribution in [0.1, 0.15) is 18.9 Å². The second kappa shape index (κ2) is 8.32. The van der Waals surface area contributed by atoms with Crippen molar-refractivity contribution in [2.24, 2.45) is 7.05 Å². The van der Waals surface area contributed by atoms with Gasteiger partial charge in [-0.25, -0.2) is 0 Å². The second-order valence-corrected chi connectivity index (χ2v) is 7.56. The van der Waals surface area contributed by atoms with E-state index in [2.05, 4.69) is 27.1 Å². The number of aromatic nitrogens is 4. The first-order valence-corrected chi connectivity index (χ1v) is 10.2. The number of piperazine rings is 1. The molecule has 0 amide bonds. The van der Waals surface area contributed by atoms with Crippen LogP contribution in [0.4, 0.5) is 11.8 Å². The Morgan fingerprint density at radius 1 is 1.11 bits per heavy atom. The summed E-state index contributed by atoms with van der Waals surface area (Å²) in [4.78, 5) is 14.4. The number of anilines is 2. The molecule has 0 unspecified atom stereocenters. The number of halogens is 1. The Morgan fingerprint density at radius 3 is 2.64 bits per heavy atom. The van der Waals surface area contributed by atoms with Gasteiger partial charge in [-0.2, -0.15) is 15.1 Å². The second-order valence-electron chi connectivity index (χ2n) is 7.15. The summed E-state index contributed by atoms with van der Waals surface area (Å²) in [6.07, 6.45) is 3.00. The number of aryl methyl sites for hydroxylation is 1. The zero-order chi connectivity index (χ0) is 19.5. The van der Waals surface area contributed by atoms with Crippen LogP contribution in [0.5, 0.6) is 0 Å². The van der Waals surface area contributed by atoms with Gasteiger partial charge < -0.3 is 10.2 Å². The molecule has 1 aliphatic rings. The van der Waals surface area contributed by atoms with E-state index in [0.29, 0.717) is 6.54 Å². The molecule has 28 heavy (non-hydrogen) atoms. The summed E-state index contributed by atoms with van der Waals surface area (Å²) in [7, 11) is 1.91. The summed E-state index contributed by atoms with van der Waals surface area (Å²) in [6.45, 7) is 7.94. The zero-order valence-corrected chi connectivity index (χ0v) is 17.2. The van der Waals surface area contributed by atoms with E-state index in [1.165, 1.54) is 6.42 Å². The maximum absolute atomic E-state index is 6.30. The molecule has 0 radical (unpaired) electrons. The van der Waals surface area contributed by atoms with Crippen molar-refractivity contribution < 1.29 is 0 Å². The number of rotatable bonds is 6. The molecule has 0 aliphatic carbocycles. The van der Waals surface area contributed by atoms with Crippen molar-refractivity contribution in [1.29, 1.82) is 0 Å². The third-order valence-corrected chi connectivity index (χ3v) is 5.55. The van der Waals surface area contributed by atoms with Gasteiger partial charge in [0, 0.05) is 44.8 Å². The van der Waals surface area contributed by atoms with Gasteiger partial charge in [-0.3, -0.25) is 9.58 Å². The van der Waals surface area contributed by atoms with Crippen LogP contribution < -0.4 is 10.2 Å². The van der Waals surface area contributed by atoms with Crippen molar-refractivity contribution in [3.8, 4) is 0 Å². The molecule has 0 spiro atoms. The summed E-state index contributed by atoms with van der Waals surface area (Å²) in [5.41, 5.74) is 1.87. The number of nitrogens with one attached hydrogen (secondary N) is 1. The maximum Gasteiger partial charge on any atom is 0.229 e. The minimum atomic E-state index is 0.602. The molecule has 0 bridgehead atoms. The Labute approximate surface area is 170 Å². The molecule has 148 valence electrons. The highest BCUT2D eigenvalue weighted by Crippen LogP contribution is 2.25. The van der Waals surface area contributed by atoms with E-state index < -0.39 is 0 Å². The van der Waals surface area contributed by atoms with Crippen LogP contribution in [0.25, 0.3) is 11.0 Å². The van der Waals surface area contributed by atoms with Crippen LogP contribution in [-0.2, 0) is 13.6 Å². The fourth-order valence-corrected chi connectivity index (χ4v) is 3.80. The van der Waals surface area contributed by atoms with Gasteiger partial charge in [-0.1, -0.05) is 36.7 Å². The molecule has 8 heteroatoms. The van der Waals surface area contributed by atoms with Crippen LogP contribution in [-0.4, -0.2) is 57.4 Å². The summed E-state index contributed by atoms with van der Waals surface area (Å²) in [6, 6.07) is 7.85. The van der Waals surface area contributed by atoms with Crippen molar-refractivity contribution in [2.45, 2.75) is 19.9 Å². The van der Waals surface area contributed by atoms with Crippen molar-refractivity contribution in [2.75, 3.05) is 42.9 Å². The molecule has 2 aromatic heterocycles. The van der Waals surface area contributed by atoms with E-state index in [9.17, 15) is 0 Å². The summed E-state index contributed by atoms with van der Waals surface area (Å²) < 4.78 is 1.80. The normalized spacial score (nSPS) is 15.3. The monoisotopic (exact) mass is 399 g/mol. The molecule has 7 nitrogen and oxygen atoms in total. The number of fused-ring (bicyclic) bond motifs is 1. The maximum atomic E-state index is 6.30. The third kappa shape index (κ3) is 3.91. The zero-order valence-electron chi connectivity index (χ0n) is 16.4. The quantitative estimate of drug-likeness (QED) is 0.687. The predicted molar refractivity (Wildman–Crippen MR) is 114 cm³/mol. The molecule has 0 saturated carbocycles. The highest BCUT2D eigenvalue weighted by Gasteiger charge is 2.21. The minimum absolute atomic E-state index is 0.602. The average Bonchev–Trinajstić information content (AvgIpc) is 3.09. The Balaban J connectivity index is 1.58. The smallest absolute Gasteiger partial charge is 0.229 e. The van der Waals surface area contributed by atoms with E-state index in [1.54, 1.807) is 4.68 Å². The highest BCUT2D eigenvalue weighted by atomic mass is 35.5.